The molecule has 0 aliphatic carbocycles. The van der Waals surface area contributed by atoms with Gasteiger partial charge in [0.2, 0.25) is 5.91 Å². The van der Waals surface area contributed by atoms with Gasteiger partial charge in [-0.05, 0) is 29.7 Å². The first-order chi connectivity index (χ1) is 10.7. The van der Waals surface area contributed by atoms with E-state index in [2.05, 4.69) is 11.9 Å². The Morgan fingerprint density at radius 2 is 1.86 bits per heavy atom. The molecule has 1 unspecified atom stereocenters. The maximum Gasteiger partial charge on any atom is 0.227 e. The van der Waals surface area contributed by atoms with Gasteiger partial charge in [-0.1, -0.05) is 48.5 Å². The molecule has 0 aliphatic rings. The van der Waals surface area contributed by atoms with Crippen LogP contribution in [-0.2, 0) is 11.4 Å². The Balaban J connectivity index is 2.02. The van der Waals surface area contributed by atoms with Crippen LogP contribution in [0.3, 0.4) is 0 Å². The average molecular weight is 295 g/mol. The first kappa shape index (κ1) is 15.8. The van der Waals surface area contributed by atoms with Crippen molar-refractivity contribution in [3.63, 3.8) is 0 Å². The second-order valence-corrected chi connectivity index (χ2v) is 5.03. The van der Waals surface area contributed by atoms with Gasteiger partial charge in [0.25, 0.3) is 0 Å². The van der Waals surface area contributed by atoms with Gasteiger partial charge in [-0.25, -0.2) is 0 Å². The topological polar surface area (TPSA) is 38.3 Å². The van der Waals surface area contributed by atoms with Gasteiger partial charge < -0.3 is 10.1 Å². The monoisotopic (exact) mass is 295 g/mol. The third-order valence-corrected chi connectivity index (χ3v) is 3.50. The van der Waals surface area contributed by atoms with E-state index in [1.165, 1.54) is 0 Å². The zero-order valence-corrected chi connectivity index (χ0v) is 12.8. The number of nitrogens with one attached hydrogen (secondary N) is 1. The van der Waals surface area contributed by atoms with E-state index in [-0.39, 0.29) is 11.8 Å². The number of hydrogen-bond donors (Lipinski definition) is 1. The number of ether oxygens (including phenoxy) is 1. The molecule has 0 heterocycles. The number of benzene rings is 2. The Bertz CT molecular complexity index is 605. The summed E-state index contributed by atoms with van der Waals surface area (Å²) >= 11 is 0. The van der Waals surface area contributed by atoms with E-state index in [4.69, 9.17) is 4.74 Å². The van der Waals surface area contributed by atoms with Crippen molar-refractivity contribution in [3.05, 3.63) is 78.4 Å². The lowest BCUT2D eigenvalue weighted by Crippen LogP contribution is -2.25. The van der Waals surface area contributed by atoms with Crippen LogP contribution in [0.1, 0.15) is 23.5 Å². The fraction of sp³-hybridized carbons (Fsp3) is 0.211. The Morgan fingerprint density at radius 1 is 1.18 bits per heavy atom. The highest BCUT2D eigenvalue weighted by Gasteiger charge is 2.17. The minimum absolute atomic E-state index is 0.00199. The molecule has 2 rings (SSSR count). The van der Waals surface area contributed by atoms with Crippen LogP contribution in [0.15, 0.2) is 67.3 Å². The van der Waals surface area contributed by atoms with Gasteiger partial charge >= 0.3 is 0 Å². The molecular formula is C19H21NO2. The van der Waals surface area contributed by atoms with Crippen molar-refractivity contribution in [2.45, 2.75) is 18.9 Å². The van der Waals surface area contributed by atoms with Crippen molar-refractivity contribution >= 4 is 5.91 Å². The lowest BCUT2D eigenvalue weighted by Gasteiger charge is -2.14. The number of allylic oxidation sites excluding steroid dienone is 1. The second-order valence-electron chi connectivity index (χ2n) is 5.03. The van der Waals surface area contributed by atoms with Crippen molar-refractivity contribution in [2.24, 2.45) is 0 Å². The van der Waals surface area contributed by atoms with Crippen molar-refractivity contribution in [1.82, 2.24) is 5.32 Å². The minimum atomic E-state index is -0.203. The highest BCUT2D eigenvalue weighted by atomic mass is 16.5. The summed E-state index contributed by atoms with van der Waals surface area (Å²) in [7, 11) is 1.65. The van der Waals surface area contributed by atoms with Crippen LogP contribution >= 0.6 is 0 Å². The Morgan fingerprint density at radius 3 is 2.45 bits per heavy atom. The van der Waals surface area contributed by atoms with Crippen LogP contribution < -0.4 is 10.1 Å². The van der Waals surface area contributed by atoms with Crippen LogP contribution in [0.25, 0.3) is 0 Å². The molecule has 1 atom stereocenters. The van der Waals surface area contributed by atoms with E-state index in [0.29, 0.717) is 13.0 Å². The third-order valence-electron chi connectivity index (χ3n) is 3.50. The molecule has 0 saturated carbocycles. The maximum absolute atomic E-state index is 11.9. The normalized spacial score (nSPS) is 11.5. The summed E-state index contributed by atoms with van der Waals surface area (Å²) in [5.74, 6) is 0.588. The molecule has 2 aromatic rings. The molecule has 0 fully saturated rings. The van der Waals surface area contributed by atoms with E-state index in [0.717, 1.165) is 16.9 Å². The number of amides is 1. The molecule has 1 N–H and O–H groups in total. The minimum Gasteiger partial charge on any atom is -0.489 e. The predicted molar refractivity (Wildman–Crippen MR) is 88.8 cm³/mol. The van der Waals surface area contributed by atoms with Gasteiger partial charge in [-0.2, -0.15) is 0 Å². The van der Waals surface area contributed by atoms with Crippen LogP contribution in [0.2, 0.25) is 0 Å². The number of carbonyl (C=O) groups is 1. The third kappa shape index (κ3) is 4.22. The summed E-state index contributed by atoms with van der Waals surface area (Å²) < 4.78 is 5.75. The molecule has 22 heavy (non-hydrogen) atoms. The number of likely N-dealkylation sites (N-methyl/N-ethyl adjacent to an activating group) is 1. The van der Waals surface area contributed by atoms with Crippen molar-refractivity contribution < 1.29 is 9.53 Å². The molecular weight excluding hydrogens is 274 g/mol. The van der Waals surface area contributed by atoms with Gasteiger partial charge in [0, 0.05) is 7.05 Å². The van der Waals surface area contributed by atoms with E-state index < -0.39 is 0 Å². The molecule has 1 amide bonds. The summed E-state index contributed by atoms with van der Waals surface area (Å²) in [4.78, 5) is 11.9. The quantitative estimate of drug-likeness (QED) is 0.791. The van der Waals surface area contributed by atoms with Gasteiger partial charge in [-0.3, -0.25) is 4.79 Å². The largest absolute Gasteiger partial charge is 0.489 e. The van der Waals surface area contributed by atoms with Crippen LogP contribution in [0.4, 0.5) is 0 Å². The maximum atomic E-state index is 11.9. The average Bonchev–Trinajstić information content (AvgIpc) is 2.59. The molecule has 0 spiro atoms. The zero-order chi connectivity index (χ0) is 15.8. The van der Waals surface area contributed by atoms with Crippen molar-refractivity contribution in [2.75, 3.05) is 7.05 Å². The van der Waals surface area contributed by atoms with E-state index in [1.807, 2.05) is 54.6 Å². The molecule has 2 aromatic carbocycles. The standard InChI is InChI=1S/C19H21NO2/c1-3-7-18(19(21)20-2)16-10-12-17(13-11-16)22-14-15-8-5-4-6-9-15/h3-6,8-13,18H,1,7,14H2,2H3,(H,20,21). The predicted octanol–water partition coefficient (Wildman–Crippen LogP) is 3.67. The van der Waals surface area contributed by atoms with E-state index in [1.54, 1.807) is 13.1 Å². The number of carbonyl (C=O) groups excluding carboxylic acids is 1. The first-order valence-electron chi connectivity index (χ1n) is 7.33. The lowest BCUT2D eigenvalue weighted by molar-refractivity contribution is -0.122. The summed E-state index contributed by atoms with van der Waals surface area (Å²) in [6.45, 7) is 4.25. The molecule has 0 saturated heterocycles. The smallest absolute Gasteiger partial charge is 0.227 e. The van der Waals surface area contributed by atoms with Gasteiger partial charge in [0.1, 0.15) is 12.4 Å². The molecule has 3 nitrogen and oxygen atoms in total. The van der Waals surface area contributed by atoms with Crippen LogP contribution in [0.5, 0.6) is 5.75 Å². The Labute approximate surface area is 131 Å². The van der Waals surface area contributed by atoms with Gasteiger partial charge in [0.05, 0.1) is 5.92 Å². The fourth-order valence-corrected chi connectivity index (χ4v) is 2.27. The highest BCUT2D eigenvalue weighted by molar-refractivity contribution is 5.83. The lowest BCUT2D eigenvalue weighted by atomic mass is 9.95. The van der Waals surface area contributed by atoms with Gasteiger partial charge in [0.15, 0.2) is 0 Å². The number of rotatable bonds is 7. The summed E-state index contributed by atoms with van der Waals surface area (Å²) in [6, 6.07) is 17.7. The molecule has 0 radical (unpaired) electrons. The molecule has 3 heteroatoms. The Kier molecular flexibility index (Phi) is 5.78. The summed E-state index contributed by atoms with van der Waals surface area (Å²) in [5.41, 5.74) is 2.09. The van der Waals surface area contributed by atoms with E-state index >= 15 is 0 Å². The molecule has 0 aliphatic heterocycles. The number of hydrogen-bond acceptors (Lipinski definition) is 2. The summed E-state index contributed by atoms with van der Waals surface area (Å²) in [5, 5.41) is 2.69. The highest BCUT2D eigenvalue weighted by Crippen LogP contribution is 2.23. The Hall–Kier alpha value is -2.55. The SMILES string of the molecule is C=CCC(C(=O)NC)c1ccc(OCc2ccccc2)cc1. The molecule has 0 bridgehead atoms. The zero-order valence-electron chi connectivity index (χ0n) is 12.8. The van der Waals surface area contributed by atoms with Crippen molar-refractivity contribution in [3.8, 4) is 5.75 Å². The van der Waals surface area contributed by atoms with Crippen LogP contribution in [0, 0.1) is 0 Å². The summed E-state index contributed by atoms with van der Waals surface area (Å²) in [6.07, 6.45) is 2.38. The van der Waals surface area contributed by atoms with Crippen LogP contribution in [-0.4, -0.2) is 13.0 Å². The second kappa shape index (κ2) is 8.03. The van der Waals surface area contributed by atoms with Crippen molar-refractivity contribution in [1.29, 1.82) is 0 Å². The molecule has 0 aromatic heterocycles. The first-order valence-corrected chi connectivity index (χ1v) is 7.33. The fourth-order valence-electron chi connectivity index (χ4n) is 2.27. The van der Waals surface area contributed by atoms with E-state index in [9.17, 15) is 4.79 Å². The molecule has 114 valence electrons. The van der Waals surface area contributed by atoms with Gasteiger partial charge in [-0.15, -0.1) is 6.58 Å².